The fraction of sp³-hybridized carbons (Fsp3) is 0.231. The van der Waals surface area contributed by atoms with Crippen LogP contribution < -0.4 is 10.6 Å². The molecule has 1 aromatic carbocycles. The van der Waals surface area contributed by atoms with E-state index in [1.807, 2.05) is 6.07 Å². The van der Waals surface area contributed by atoms with E-state index < -0.39 is 30.4 Å². The van der Waals surface area contributed by atoms with Crippen LogP contribution in [0.15, 0.2) is 24.3 Å². The van der Waals surface area contributed by atoms with Gasteiger partial charge < -0.3 is 20.8 Å². The first kappa shape index (κ1) is 16.0. The molecule has 0 heterocycles. The van der Waals surface area contributed by atoms with Gasteiger partial charge in [0.1, 0.15) is 6.04 Å². The number of hydrogen-bond acceptors (Lipinski definition) is 4. The van der Waals surface area contributed by atoms with Crippen LogP contribution in [0, 0.1) is 11.3 Å². The summed E-state index contributed by atoms with van der Waals surface area (Å²) in [6.07, 6.45) is -0.709. The Morgan fingerprint density at radius 1 is 1.19 bits per heavy atom. The Labute approximate surface area is 120 Å². The number of aliphatic carboxylic acids is 2. The summed E-state index contributed by atoms with van der Waals surface area (Å²) < 4.78 is 0. The maximum atomic E-state index is 11.5. The molecule has 0 aliphatic rings. The number of carboxylic acid groups (broad SMARTS) is 2. The summed E-state index contributed by atoms with van der Waals surface area (Å²) in [6, 6.07) is 6.13. The molecule has 110 valence electrons. The Morgan fingerprint density at radius 3 is 2.29 bits per heavy atom. The molecule has 0 aliphatic carbocycles. The molecular formula is C13H13N3O5. The number of carbonyl (C=O) groups excluding carboxylic acids is 1. The lowest BCUT2D eigenvalue weighted by atomic mass is 10.1. The average Bonchev–Trinajstić information content (AvgIpc) is 2.44. The normalized spacial score (nSPS) is 11.0. The number of carbonyl (C=O) groups is 3. The van der Waals surface area contributed by atoms with E-state index in [2.05, 4.69) is 10.6 Å². The Balaban J connectivity index is 2.50. The van der Waals surface area contributed by atoms with Crippen LogP contribution in [0.1, 0.15) is 17.5 Å². The van der Waals surface area contributed by atoms with Gasteiger partial charge in [0.2, 0.25) is 0 Å². The highest BCUT2D eigenvalue weighted by molar-refractivity contribution is 5.86. The minimum Gasteiger partial charge on any atom is -0.481 e. The topological polar surface area (TPSA) is 140 Å². The van der Waals surface area contributed by atoms with Gasteiger partial charge in [0.15, 0.2) is 0 Å². The first-order chi connectivity index (χ1) is 9.92. The number of nitrogens with zero attached hydrogens (tertiary/aromatic N) is 1. The summed E-state index contributed by atoms with van der Waals surface area (Å²) in [6.45, 7) is 0.122. The fourth-order valence-corrected chi connectivity index (χ4v) is 1.46. The quantitative estimate of drug-likeness (QED) is 0.593. The van der Waals surface area contributed by atoms with Crippen molar-refractivity contribution in [2.75, 3.05) is 0 Å². The van der Waals surface area contributed by atoms with Crippen LogP contribution in [-0.2, 0) is 16.1 Å². The summed E-state index contributed by atoms with van der Waals surface area (Å²) in [5, 5.41) is 30.4. The monoisotopic (exact) mass is 291 g/mol. The second kappa shape index (κ2) is 7.49. The predicted molar refractivity (Wildman–Crippen MR) is 70.2 cm³/mol. The SMILES string of the molecule is N#Cc1ccc(CNC(=O)N[C@H](CC(=O)O)C(=O)O)cc1. The van der Waals surface area contributed by atoms with Gasteiger partial charge in [-0.3, -0.25) is 4.79 Å². The molecule has 0 spiro atoms. The van der Waals surface area contributed by atoms with Gasteiger partial charge in [-0.05, 0) is 17.7 Å². The van der Waals surface area contributed by atoms with Gasteiger partial charge in [-0.15, -0.1) is 0 Å². The van der Waals surface area contributed by atoms with Crippen LogP contribution in [0.25, 0.3) is 0 Å². The van der Waals surface area contributed by atoms with Gasteiger partial charge in [0.25, 0.3) is 0 Å². The lowest BCUT2D eigenvalue weighted by Gasteiger charge is -2.13. The third kappa shape index (κ3) is 5.61. The molecule has 1 aromatic rings. The van der Waals surface area contributed by atoms with Crippen LogP contribution in [0.4, 0.5) is 4.79 Å². The number of urea groups is 1. The summed E-state index contributed by atoms with van der Waals surface area (Å²) in [5.74, 6) is -2.75. The summed E-state index contributed by atoms with van der Waals surface area (Å²) in [7, 11) is 0. The van der Waals surface area contributed by atoms with Crippen LogP contribution >= 0.6 is 0 Å². The maximum absolute atomic E-state index is 11.5. The zero-order chi connectivity index (χ0) is 15.8. The molecule has 0 saturated heterocycles. The minimum atomic E-state index is -1.50. The first-order valence-electron chi connectivity index (χ1n) is 5.90. The summed E-state index contributed by atoms with van der Waals surface area (Å²) >= 11 is 0. The number of nitrogens with one attached hydrogen (secondary N) is 2. The Kier molecular flexibility index (Phi) is 5.70. The third-order valence-electron chi connectivity index (χ3n) is 2.52. The van der Waals surface area contributed by atoms with Crippen molar-refractivity contribution >= 4 is 18.0 Å². The molecule has 0 radical (unpaired) electrons. The van der Waals surface area contributed by atoms with Gasteiger partial charge in [0.05, 0.1) is 18.1 Å². The van der Waals surface area contributed by atoms with Crippen LogP contribution in [0.5, 0.6) is 0 Å². The number of nitriles is 1. The summed E-state index contributed by atoms with van der Waals surface area (Å²) in [4.78, 5) is 32.8. The Hall–Kier alpha value is -3.08. The molecule has 1 rings (SSSR count). The molecule has 0 bridgehead atoms. The highest BCUT2D eigenvalue weighted by Gasteiger charge is 2.22. The highest BCUT2D eigenvalue weighted by atomic mass is 16.4. The molecule has 4 N–H and O–H groups in total. The second-order valence-electron chi connectivity index (χ2n) is 4.12. The van der Waals surface area contributed by atoms with Crippen LogP contribution in [-0.4, -0.2) is 34.2 Å². The lowest BCUT2D eigenvalue weighted by molar-refractivity contribution is -0.145. The van der Waals surface area contributed by atoms with Crippen molar-refractivity contribution < 1.29 is 24.6 Å². The van der Waals surface area contributed by atoms with E-state index in [9.17, 15) is 14.4 Å². The number of amides is 2. The van der Waals surface area contributed by atoms with E-state index in [0.717, 1.165) is 0 Å². The van der Waals surface area contributed by atoms with Crippen molar-refractivity contribution in [2.45, 2.75) is 19.0 Å². The van der Waals surface area contributed by atoms with Gasteiger partial charge in [-0.2, -0.15) is 5.26 Å². The van der Waals surface area contributed by atoms with E-state index in [0.29, 0.717) is 11.1 Å². The van der Waals surface area contributed by atoms with Crippen LogP contribution in [0.2, 0.25) is 0 Å². The number of carboxylic acids is 2. The van der Waals surface area contributed by atoms with Crippen LogP contribution in [0.3, 0.4) is 0 Å². The molecule has 0 fully saturated rings. The zero-order valence-electron chi connectivity index (χ0n) is 10.9. The highest BCUT2D eigenvalue weighted by Crippen LogP contribution is 2.02. The van der Waals surface area contributed by atoms with Crippen molar-refractivity contribution in [1.29, 1.82) is 5.26 Å². The number of hydrogen-bond donors (Lipinski definition) is 4. The molecule has 8 nitrogen and oxygen atoms in total. The second-order valence-corrected chi connectivity index (χ2v) is 4.12. The van der Waals surface area contributed by atoms with E-state index in [1.165, 1.54) is 0 Å². The molecule has 0 aromatic heterocycles. The smallest absolute Gasteiger partial charge is 0.326 e. The van der Waals surface area contributed by atoms with E-state index in [4.69, 9.17) is 15.5 Å². The number of benzene rings is 1. The van der Waals surface area contributed by atoms with Gasteiger partial charge in [-0.25, -0.2) is 9.59 Å². The zero-order valence-corrected chi connectivity index (χ0v) is 10.9. The first-order valence-corrected chi connectivity index (χ1v) is 5.90. The molecule has 8 heteroatoms. The predicted octanol–water partition coefficient (Wildman–Crippen LogP) is 0.285. The molecule has 0 unspecified atom stereocenters. The van der Waals surface area contributed by atoms with E-state index in [1.54, 1.807) is 24.3 Å². The summed E-state index contributed by atoms with van der Waals surface area (Å²) in [5.41, 5.74) is 1.20. The average molecular weight is 291 g/mol. The fourth-order valence-electron chi connectivity index (χ4n) is 1.46. The van der Waals surface area contributed by atoms with Crippen molar-refractivity contribution in [3.05, 3.63) is 35.4 Å². The third-order valence-corrected chi connectivity index (χ3v) is 2.52. The van der Waals surface area contributed by atoms with Gasteiger partial charge in [-0.1, -0.05) is 12.1 Å². The van der Waals surface area contributed by atoms with Gasteiger partial charge in [0, 0.05) is 6.54 Å². The van der Waals surface area contributed by atoms with E-state index >= 15 is 0 Å². The Bertz CT molecular complexity index is 576. The van der Waals surface area contributed by atoms with Gasteiger partial charge >= 0.3 is 18.0 Å². The molecule has 1 atom stereocenters. The van der Waals surface area contributed by atoms with Crippen molar-refractivity contribution in [1.82, 2.24) is 10.6 Å². The van der Waals surface area contributed by atoms with E-state index in [-0.39, 0.29) is 6.54 Å². The molecule has 2 amide bonds. The number of rotatable bonds is 6. The minimum absolute atomic E-state index is 0.122. The van der Waals surface area contributed by atoms with Crippen molar-refractivity contribution in [3.8, 4) is 6.07 Å². The maximum Gasteiger partial charge on any atom is 0.326 e. The lowest BCUT2D eigenvalue weighted by Crippen LogP contribution is -2.46. The standard InChI is InChI=1S/C13H13N3O5/c14-6-8-1-3-9(4-2-8)7-15-13(21)16-10(12(19)20)5-11(17)18/h1-4,10H,5,7H2,(H,17,18)(H,19,20)(H2,15,16,21)/t10-/m1/s1. The largest absolute Gasteiger partial charge is 0.481 e. The molecule has 0 saturated carbocycles. The molecule has 21 heavy (non-hydrogen) atoms. The Morgan fingerprint density at radius 2 is 1.81 bits per heavy atom. The van der Waals surface area contributed by atoms with Crippen molar-refractivity contribution in [3.63, 3.8) is 0 Å². The molecular weight excluding hydrogens is 278 g/mol. The molecule has 0 aliphatic heterocycles. The van der Waals surface area contributed by atoms with Crippen molar-refractivity contribution in [2.24, 2.45) is 0 Å².